The van der Waals surface area contributed by atoms with Crippen LogP contribution in [0.25, 0.3) is 0 Å². The van der Waals surface area contributed by atoms with Gasteiger partial charge in [-0.25, -0.2) is 0 Å². The fourth-order valence-corrected chi connectivity index (χ4v) is 3.39. The van der Waals surface area contributed by atoms with Gasteiger partial charge in [0, 0.05) is 51.1 Å². The number of benzene rings is 1. The van der Waals surface area contributed by atoms with Gasteiger partial charge in [0.1, 0.15) is 18.5 Å². The number of aromatic nitrogens is 2. The highest BCUT2D eigenvalue weighted by Gasteiger charge is 2.26. The van der Waals surface area contributed by atoms with Crippen molar-refractivity contribution < 1.29 is 19.3 Å². The number of rotatable bonds is 6. The monoisotopic (exact) mass is 360 g/mol. The van der Waals surface area contributed by atoms with E-state index in [2.05, 4.69) is 15.3 Å². The van der Waals surface area contributed by atoms with E-state index in [1.54, 1.807) is 10.7 Å². The first-order chi connectivity index (χ1) is 12.7. The van der Waals surface area contributed by atoms with Crippen LogP contribution in [-0.4, -0.2) is 65.5 Å². The topological polar surface area (TPSA) is 81.0 Å². The first kappa shape index (κ1) is 17.1. The molecule has 0 aliphatic carbocycles. The van der Waals surface area contributed by atoms with Crippen molar-refractivity contribution in [2.75, 3.05) is 39.6 Å². The van der Waals surface area contributed by atoms with Crippen molar-refractivity contribution in [2.45, 2.75) is 12.1 Å². The molecule has 0 spiro atoms. The van der Waals surface area contributed by atoms with Crippen molar-refractivity contribution >= 4 is 0 Å². The fourth-order valence-electron chi connectivity index (χ4n) is 3.39. The molecule has 1 aromatic heterocycles. The minimum atomic E-state index is -0.585. The van der Waals surface area contributed by atoms with Gasteiger partial charge in [-0.3, -0.25) is 9.58 Å². The summed E-state index contributed by atoms with van der Waals surface area (Å²) in [5, 5.41) is 18.1. The molecule has 26 heavy (non-hydrogen) atoms. The summed E-state index contributed by atoms with van der Waals surface area (Å²) < 4.78 is 18.2. The van der Waals surface area contributed by atoms with Crippen LogP contribution in [0.1, 0.15) is 11.6 Å². The Morgan fingerprint density at radius 2 is 2.27 bits per heavy atom. The van der Waals surface area contributed by atoms with Gasteiger partial charge in [0.15, 0.2) is 11.5 Å². The van der Waals surface area contributed by atoms with Crippen LogP contribution in [0.4, 0.5) is 0 Å². The van der Waals surface area contributed by atoms with Crippen molar-refractivity contribution in [1.29, 1.82) is 0 Å². The molecule has 0 saturated carbocycles. The maximum atomic E-state index is 10.5. The van der Waals surface area contributed by atoms with E-state index in [0.29, 0.717) is 18.0 Å². The highest BCUT2D eigenvalue weighted by molar-refractivity contribution is 5.46. The smallest absolute Gasteiger partial charge is 0.231 e. The molecule has 2 aromatic rings. The maximum absolute atomic E-state index is 10.5. The zero-order chi connectivity index (χ0) is 17.9. The number of hydrogen-bond acceptors (Lipinski definition) is 7. The lowest BCUT2D eigenvalue weighted by atomic mass is 10.1. The largest absolute Gasteiger partial charge is 0.491 e. The molecule has 0 radical (unpaired) electrons. The van der Waals surface area contributed by atoms with E-state index in [4.69, 9.17) is 14.2 Å². The average Bonchev–Trinajstić information content (AvgIpc) is 3.28. The second-order valence-corrected chi connectivity index (χ2v) is 6.64. The minimum absolute atomic E-state index is 0.206. The molecule has 2 atom stereocenters. The number of hydrogen-bond donors (Lipinski definition) is 2. The van der Waals surface area contributed by atoms with Crippen LogP contribution in [0.15, 0.2) is 30.6 Å². The molecule has 140 valence electrons. The third-order valence-electron chi connectivity index (χ3n) is 4.70. The Labute approximate surface area is 152 Å². The molecule has 2 N–H and O–H groups in total. The van der Waals surface area contributed by atoms with Crippen LogP contribution >= 0.6 is 0 Å². The van der Waals surface area contributed by atoms with Gasteiger partial charge < -0.3 is 24.6 Å². The lowest BCUT2D eigenvalue weighted by Gasteiger charge is -2.36. The Morgan fingerprint density at radius 1 is 1.38 bits per heavy atom. The first-order valence-electron chi connectivity index (χ1n) is 8.83. The van der Waals surface area contributed by atoms with Crippen molar-refractivity contribution in [3.8, 4) is 17.2 Å². The predicted octanol–water partition coefficient (Wildman–Crippen LogP) is 0.535. The molecule has 1 aromatic carbocycles. The quantitative estimate of drug-likeness (QED) is 0.778. The lowest BCUT2D eigenvalue weighted by molar-refractivity contribution is 0.0436. The van der Waals surface area contributed by atoms with Gasteiger partial charge in [0.2, 0.25) is 6.79 Å². The van der Waals surface area contributed by atoms with Gasteiger partial charge in [0.25, 0.3) is 0 Å². The summed E-state index contributed by atoms with van der Waals surface area (Å²) in [4.78, 5) is 2.28. The Balaban J connectivity index is 1.33. The van der Waals surface area contributed by atoms with Crippen LogP contribution in [0, 0.1) is 0 Å². The molecule has 2 aliphatic heterocycles. The van der Waals surface area contributed by atoms with Crippen LogP contribution in [0.3, 0.4) is 0 Å². The van der Waals surface area contributed by atoms with Crippen molar-refractivity contribution in [2.24, 2.45) is 7.05 Å². The fraction of sp³-hybridized carbons (Fsp3) is 0.500. The highest BCUT2D eigenvalue weighted by atomic mass is 16.7. The molecule has 3 heterocycles. The molecule has 2 aliphatic rings. The average molecular weight is 360 g/mol. The van der Waals surface area contributed by atoms with E-state index in [9.17, 15) is 5.11 Å². The Bertz CT molecular complexity index is 751. The Hall–Kier alpha value is -2.29. The third-order valence-corrected chi connectivity index (χ3v) is 4.70. The number of nitrogens with zero attached hydrogens (tertiary/aromatic N) is 3. The molecule has 2 unspecified atom stereocenters. The number of fused-ring (bicyclic) bond motifs is 1. The summed E-state index contributed by atoms with van der Waals surface area (Å²) in [5.41, 5.74) is 1.16. The van der Waals surface area contributed by atoms with Gasteiger partial charge in [-0.1, -0.05) is 0 Å². The zero-order valence-electron chi connectivity index (χ0n) is 14.8. The second-order valence-electron chi connectivity index (χ2n) is 6.64. The number of piperazine rings is 1. The Morgan fingerprint density at radius 3 is 3.12 bits per heavy atom. The van der Waals surface area contributed by atoms with E-state index in [-0.39, 0.29) is 19.4 Å². The predicted molar refractivity (Wildman–Crippen MR) is 94.5 cm³/mol. The number of β-amino-alcohol motifs (C(OH)–C–C–N with tert-alkyl or cyclic N) is 1. The van der Waals surface area contributed by atoms with Crippen LogP contribution < -0.4 is 19.5 Å². The van der Waals surface area contributed by atoms with Crippen molar-refractivity contribution in [3.63, 3.8) is 0 Å². The molecule has 0 amide bonds. The number of aliphatic hydroxyl groups is 1. The molecule has 8 nitrogen and oxygen atoms in total. The zero-order valence-corrected chi connectivity index (χ0v) is 14.8. The van der Waals surface area contributed by atoms with E-state index in [1.807, 2.05) is 31.6 Å². The standard InChI is InChI=1S/C18H24N4O4/c1-21-9-13(7-20-21)16-8-19-4-5-22(16)10-14(23)11-24-15-2-3-17-18(6-15)26-12-25-17/h2-3,6-7,9,14,16,19,23H,4-5,8,10-12H2,1H3. The second kappa shape index (κ2) is 7.53. The van der Waals surface area contributed by atoms with Gasteiger partial charge in [-0.05, 0) is 12.1 Å². The van der Waals surface area contributed by atoms with Gasteiger partial charge >= 0.3 is 0 Å². The van der Waals surface area contributed by atoms with E-state index < -0.39 is 6.10 Å². The molecule has 1 saturated heterocycles. The first-order valence-corrected chi connectivity index (χ1v) is 8.83. The number of aliphatic hydroxyl groups excluding tert-OH is 1. The molecular formula is C18H24N4O4. The summed E-state index contributed by atoms with van der Waals surface area (Å²) in [7, 11) is 1.91. The lowest BCUT2D eigenvalue weighted by Crippen LogP contribution is -2.49. The third kappa shape index (κ3) is 3.77. The van der Waals surface area contributed by atoms with Crippen LogP contribution in [0.2, 0.25) is 0 Å². The summed E-state index contributed by atoms with van der Waals surface area (Å²) in [6.45, 7) is 3.64. The number of aryl methyl sites for hydroxylation is 1. The number of ether oxygens (including phenoxy) is 3. The molecule has 8 heteroatoms. The van der Waals surface area contributed by atoms with Crippen molar-refractivity contribution in [1.82, 2.24) is 20.0 Å². The van der Waals surface area contributed by atoms with Gasteiger partial charge in [-0.2, -0.15) is 5.10 Å². The van der Waals surface area contributed by atoms with E-state index in [1.165, 1.54) is 0 Å². The summed E-state index contributed by atoms with van der Waals surface area (Å²) >= 11 is 0. The van der Waals surface area contributed by atoms with E-state index >= 15 is 0 Å². The van der Waals surface area contributed by atoms with Crippen molar-refractivity contribution in [3.05, 3.63) is 36.2 Å². The molecule has 0 bridgehead atoms. The molecular weight excluding hydrogens is 336 g/mol. The summed E-state index contributed by atoms with van der Waals surface area (Å²) in [6.07, 6.45) is 3.33. The van der Waals surface area contributed by atoms with Crippen LogP contribution in [-0.2, 0) is 7.05 Å². The van der Waals surface area contributed by atoms with E-state index in [0.717, 1.165) is 30.9 Å². The normalized spacial score (nSPS) is 20.9. The SMILES string of the molecule is Cn1cc(C2CNCCN2CC(O)COc2ccc3c(c2)OCO3)cn1. The molecule has 4 rings (SSSR count). The summed E-state index contributed by atoms with van der Waals surface area (Å²) in [5.74, 6) is 2.06. The maximum Gasteiger partial charge on any atom is 0.231 e. The van der Waals surface area contributed by atoms with Crippen LogP contribution in [0.5, 0.6) is 17.2 Å². The van der Waals surface area contributed by atoms with Gasteiger partial charge in [0.05, 0.1) is 12.2 Å². The summed E-state index contributed by atoms with van der Waals surface area (Å²) in [6, 6.07) is 5.64. The number of nitrogens with one attached hydrogen (secondary N) is 1. The molecule has 1 fully saturated rings. The Kier molecular flexibility index (Phi) is 4.96. The minimum Gasteiger partial charge on any atom is -0.491 e. The highest BCUT2D eigenvalue weighted by Crippen LogP contribution is 2.35. The van der Waals surface area contributed by atoms with Gasteiger partial charge in [-0.15, -0.1) is 0 Å².